The quantitative estimate of drug-likeness (QED) is 0.768. The van der Waals surface area contributed by atoms with E-state index in [9.17, 15) is 14.7 Å². The van der Waals surface area contributed by atoms with E-state index in [1.165, 1.54) is 11.8 Å². The monoisotopic (exact) mass is 254 g/mol. The number of aromatic nitrogens is 2. The first kappa shape index (κ1) is 12.3. The van der Waals surface area contributed by atoms with Gasteiger partial charge in [-0.25, -0.2) is 9.42 Å². The fraction of sp³-hybridized carbons (Fsp3) is 0.600. The first-order chi connectivity index (χ1) is 8.47. The lowest BCUT2D eigenvalue weighted by molar-refractivity contribution is -0.150. The van der Waals surface area contributed by atoms with Crippen molar-refractivity contribution in [2.75, 3.05) is 12.3 Å². The molecule has 2 heterocycles. The molecule has 3 N–H and O–H groups in total. The van der Waals surface area contributed by atoms with Crippen molar-refractivity contribution in [3.63, 3.8) is 0 Å². The maximum atomic E-state index is 12.2. The summed E-state index contributed by atoms with van der Waals surface area (Å²) in [6.07, 6.45) is 1.91. The molecule has 0 spiro atoms. The predicted molar refractivity (Wildman–Crippen MR) is 59.6 cm³/mol. The molecule has 1 amide bonds. The van der Waals surface area contributed by atoms with Crippen molar-refractivity contribution in [1.82, 2.24) is 15.2 Å². The first-order valence-corrected chi connectivity index (χ1v) is 5.60. The molecule has 0 saturated carbocycles. The number of likely N-dealkylation sites (tertiary alicyclic amines) is 1. The van der Waals surface area contributed by atoms with Crippen LogP contribution in [0.25, 0.3) is 0 Å². The number of nitrogen functional groups attached to an aromatic ring is 1. The van der Waals surface area contributed by atoms with Crippen LogP contribution in [0, 0.1) is 0 Å². The van der Waals surface area contributed by atoms with E-state index in [0.717, 1.165) is 12.8 Å². The van der Waals surface area contributed by atoms with Gasteiger partial charge >= 0.3 is 5.97 Å². The number of hydrogen-bond acceptors (Lipinski definition) is 6. The Morgan fingerprint density at radius 2 is 2.17 bits per heavy atom. The number of carboxylic acids is 1. The highest BCUT2D eigenvalue weighted by Gasteiger charge is 2.45. The lowest BCUT2D eigenvalue weighted by Crippen LogP contribution is -2.57. The number of hydrogen-bond donors (Lipinski definition) is 2. The first-order valence-electron chi connectivity index (χ1n) is 5.60. The molecule has 1 unspecified atom stereocenters. The Labute approximate surface area is 103 Å². The lowest BCUT2D eigenvalue weighted by Gasteiger charge is -2.41. The molecular formula is C10H14N4O4. The van der Waals surface area contributed by atoms with Crippen LogP contribution < -0.4 is 5.73 Å². The fourth-order valence-corrected chi connectivity index (χ4v) is 2.14. The minimum atomic E-state index is -1.24. The van der Waals surface area contributed by atoms with E-state index in [1.807, 2.05) is 0 Å². The van der Waals surface area contributed by atoms with Gasteiger partial charge in [-0.15, -0.1) is 0 Å². The predicted octanol–water partition coefficient (Wildman–Crippen LogP) is 0.121. The second-order valence-corrected chi connectivity index (χ2v) is 4.49. The van der Waals surface area contributed by atoms with Gasteiger partial charge in [0.15, 0.2) is 0 Å². The summed E-state index contributed by atoms with van der Waals surface area (Å²) < 4.78 is 4.37. The summed E-state index contributed by atoms with van der Waals surface area (Å²) in [5.74, 6) is -1.72. The normalized spacial score (nSPS) is 23.9. The summed E-state index contributed by atoms with van der Waals surface area (Å²) >= 11 is 0. The van der Waals surface area contributed by atoms with Gasteiger partial charge in [0.25, 0.3) is 5.91 Å². The van der Waals surface area contributed by atoms with E-state index in [-0.39, 0.29) is 11.5 Å². The second-order valence-electron chi connectivity index (χ2n) is 4.49. The smallest absolute Gasteiger partial charge is 0.329 e. The zero-order valence-corrected chi connectivity index (χ0v) is 9.92. The van der Waals surface area contributed by atoms with Crippen LogP contribution in [0.5, 0.6) is 0 Å². The number of carboxylic acid groups (broad SMARTS) is 1. The van der Waals surface area contributed by atoms with Crippen LogP contribution in [0.3, 0.4) is 0 Å². The number of carbonyl (C=O) groups excluding carboxylic acids is 1. The van der Waals surface area contributed by atoms with Crippen LogP contribution in [0.15, 0.2) is 4.63 Å². The summed E-state index contributed by atoms with van der Waals surface area (Å²) in [6, 6.07) is 0. The van der Waals surface area contributed by atoms with Gasteiger partial charge in [-0.3, -0.25) is 4.79 Å². The molecule has 1 aliphatic rings. The molecule has 18 heavy (non-hydrogen) atoms. The average molecular weight is 254 g/mol. The molecule has 0 bridgehead atoms. The molecular weight excluding hydrogens is 240 g/mol. The summed E-state index contributed by atoms with van der Waals surface area (Å²) in [5.41, 5.74) is 4.08. The Morgan fingerprint density at radius 1 is 1.44 bits per heavy atom. The molecule has 1 atom stereocenters. The Balaban J connectivity index is 2.33. The highest BCUT2D eigenvalue weighted by molar-refractivity contribution is 5.99. The highest BCUT2D eigenvalue weighted by atomic mass is 16.6. The van der Waals surface area contributed by atoms with Crippen molar-refractivity contribution in [3.8, 4) is 0 Å². The lowest BCUT2D eigenvalue weighted by atomic mass is 9.88. The number of nitrogens with two attached hydrogens (primary N) is 1. The van der Waals surface area contributed by atoms with Crippen LogP contribution in [0.1, 0.15) is 36.7 Å². The maximum absolute atomic E-state index is 12.2. The second kappa shape index (κ2) is 4.28. The highest BCUT2D eigenvalue weighted by Crippen LogP contribution is 2.30. The van der Waals surface area contributed by atoms with Gasteiger partial charge in [0.2, 0.25) is 11.5 Å². The molecule has 8 heteroatoms. The number of anilines is 1. The van der Waals surface area contributed by atoms with Gasteiger partial charge in [-0.2, -0.15) is 0 Å². The number of piperidine rings is 1. The Bertz CT molecular complexity index is 486. The number of nitrogens with zero attached hydrogens (tertiary/aromatic N) is 3. The minimum absolute atomic E-state index is 0.127. The van der Waals surface area contributed by atoms with Crippen LogP contribution >= 0.6 is 0 Å². The molecule has 1 fully saturated rings. The molecule has 8 nitrogen and oxygen atoms in total. The van der Waals surface area contributed by atoms with Crippen molar-refractivity contribution in [2.24, 2.45) is 0 Å². The van der Waals surface area contributed by atoms with E-state index >= 15 is 0 Å². The van der Waals surface area contributed by atoms with Crippen molar-refractivity contribution >= 4 is 17.7 Å². The molecule has 98 valence electrons. The van der Waals surface area contributed by atoms with E-state index in [0.29, 0.717) is 13.0 Å². The Morgan fingerprint density at radius 3 is 2.72 bits per heavy atom. The van der Waals surface area contributed by atoms with Crippen molar-refractivity contribution in [2.45, 2.75) is 31.7 Å². The molecule has 1 aliphatic heterocycles. The third-order valence-corrected chi connectivity index (χ3v) is 3.31. The van der Waals surface area contributed by atoms with Gasteiger partial charge < -0.3 is 15.7 Å². The van der Waals surface area contributed by atoms with Crippen molar-refractivity contribution in [1.29, 1.82) is 0 Å². The number of amides is 1. The van der Waals surface area contributed by atoms with E-state index in [1.54, 1.807) is 0 Å². The summed E-state index contributed by atoms with van der Waals surface area (Å²) in [5, 5.41) is 16.0. The maximum Gasteiger partial charge on any atom is 0.329 e. The van der Waals surface area contributed by atoms with Gasteiger partial charge in [0.1, 0.15) is 5.54 Å². The molecule has 0 radical (unpaired) electrons. The molecule has 0 aliphatic carbocycles. The van der Waals surface area contributed by atoms with Gasteiger partial charge in [0.05, 0.1) is 0 Å². The summed E-state index contributed by atoms with van der Waals surface area (Å²) in [7, 11) is 0. The molecule has 1 aromatic rings. The molecule has 1 aromatic heterocycles. The van der Waals surface area contributed by atoms with Crippen LogP contribution in [0.4, 0.5) is 5.82 Å². The fourth-order valence-electron chi connectivity index (χ4n) is 2.14. The van der Waals surface area contributed by atoms with E-state index in [2.05, 4.69) is 14.9 Å². The molecule has 1 saturated heterocycles. The minimum Gasteiger partial charge on any atom is -0.480 e. The van der Waals surface area contributed by atoms with Crippen LogP contribution in [0.2, 0.25) is 0 Å². The Kier molecular flexibility index (Phi) is 2.93. The van der Waals surface area contributed by atoms with Gasteiger partial charge in [0, 0.05) is 6.54 Å². The van der Waals surface area contributed by atoms with Gasteiger partial charge in [-0.1, -0.05) is 0 Å². The molecule has 0 aromatic carbocycles. The summed E-state index contributed by atoms with van der Waals surface area (Å²) in [6.45, 7) is 1.88. The van der Waals surface area contributed by atoms with Gasteiger partial charge in [-0.05, 0) is 36.5 Å². The van der Waals surface area contributed by atoms with Crippen LogP contribution in [-0.2, 0) is 4.79 Å². The third-order valence-electron chi connectivity index (χ3n) is 3.31. The number of rotatable bonds is 2. The summed E-state index contributed by atoms with van der Waals surface area (Å²) in [4.78, 5) is 24.9. The standard InChI is InChI=1S/C10H14N4O4/c1-10(9(16)17)4-2-3-5-14(10)8(15)6-7(11)13-18-12-6/h2-5H2,1H3,(H2,11,13)(H,16,17). The van der Waals surface area contributed by atoms with Crippen molar-refractivity contribution < 1.29 is 19.3 Å². The number of aliphatic carboxylic acids is 1. The topological polar surface area (TPSA) is 123 Å². The zero-order chi connectivity index (χ0) is 13.3. The third kappa shape index (κ3) is 1.79. The van der Waals surface area contributed by atoms with Crippen molar-refractivity contribution in [3.05, 3.63) is 5.69 Å². The number of carbonyl (C=O) groups is 2. The SMILES string of the molecule is CC1(C(=O)O)CCCCN1C(=O)c1nonc1N. The largest absolute Gasteiger partial charge is 0.480 e. The molecule has 2 rings (SSSR count). The van der Waals surface area contributed by atoms with Crippen LogP contribution in [-0.4, -0.2) is 44.3 Å². The van der Waals surface area contributed by atoms with E-state index < -0.39 is 17.4 Å². The average Bonchev–Trinajstić information content (AvgIpc) is 2.75. The Hall–Kier alpha value is -2.12. The van der Waals surface area contributed by atoms with E-state index in [4.69, 9.17) is 5.73 Å². The zero-order valence-electron chi connectivity index (χ0n) is 9.92.